The molecule has 4 amide bonds. The van der Waals surface area contributed by atoms with Crippen LogP contribution in [0.4, 0.5) is 0 Å². The van der Waals surface area contributed by atoms with Gasteiger partial charge in [0, 0.05) is 65.4 Å². The van der Waals surface area contributed by atoms with Crippen molar-refractivity contribution in [2.24, 2.45) is 0 Å². The molecule has 0 aromatic carbocycles. The van der Waals surface area contributed by atoms with Gasteiger partial charge in [-0.05, 0) is 33.6 Å². The summed E-state index contributed by atoms with van der Waals surface area (Å²) < 4.78 is 15.1. The Morgan fingerprint density at radius 3 is 0.732 bits per heavy atom. The molecule has 0 atom stereocenters. The first kappa shape index (κ1) is 76.1. The van der Waals surface area contributed by atoms with Crippen LogP contribution in [0.15, 0.2) is 0 Å². The van der Waals surface area contributed by atoms with Crippen LogP contribution in [-0.2, 0) is 47.8 Å². The highest BCUT2D eigenvalue weighted by Crippen LogP contribution is 2.17. The molecule has 18 nitrogen and oxygen atoms in total. The maximum absolute atomic E-state index is 14.6. The molecular formula is C64H122N8O10. The van der Waals surface area contributed by atoms with Crippen molar-refractivity contribution in [2.45, 2.75) is 240 Å². The van der Waals surface area contributed by atoms with Gasteiger partial charge in [-0.25, -0.2) is 0 Å². The van der Waals surface area contributed by atoms with Gasteiger partial charge in [0.25, 0.3) is 0 Å². The van der Waals surface area contributed by atoms with E-state index < -0.39 is 17.9 Å². The van der Waals surface area contributed by atoms with Gasteiger partial charge in [0.15, 0.2) is 0 Å². The Bertz CT molecular complexity index is 1540. The van der Waals surface area contributed by atoms with Crippen LogP contribution in [0.1, 0.15) is 240 Å². The minimum atomic E-state index is -0.545. The Balaban J connectivity index is 3.16. The second kappa shape index (κ2) is 55.0. The molecule has 3 N–H and O–H groups in total. The number of nitrogens with one attached hydrogen (secondary N) is 3. The highest BCUT2D eigenvalue weighted by Gasteiger charge is 2.24. The van der Waals surface area contributed by atoms with Crippen LogP contribution >= 0.6 is 0 Å². The lowest BCUT2D eigenvalue weighted by atomic mass is 10.0. The molecule has 0 aromatic heterocycles. The van der Waals surface area contributed by atoms with Gasteiger partial charge in [0.05, 0.1) is 46.0 Å². The SMILES string of the molecule is CCCCCCCCCCCCCCCCCCN(CCCCCCCCCCCCCCCCCC)C(=O)CN1CCN(CC(=O)NCC(=O)OCC)CCN(CC(=O)NCC(=O)OCC)CCN(CC(=O)NCC(=O)OCC)CC1. The Morgan fingerprint density at radius 1 is 0.305 bits per heavy atom. The second-order valence-electron chi connectivity index (χ2n) is 22.8. The molecule has 1 heterocycles. The van der Waals surface area contributed by atoms with Crippen molar-refractivity contribution in [1.82, 2.24) is 40.4 Å². The van der Waals surface area contributed by atoms with E-state index in [4.69, 9.17) is 14.2 Å². The van der Waals surface area contributed by atoms with E-state index in [1.807, 2.05) is 14.7 Å². The van der Waals surface area contributed by atoms with Gasteiger partial charge >= 0.3 is 17.9 Å². The van der Waals surface area contributed by atoms with Gasteiger partial charge in [0.1, 0.15) is 19.6 Å². The quantitative estimate of drug-likeness (QED) is 0.0295. The van der Waals surface area contributed by atoms with Gasteiger partial charge < -0.3 is 35.1 Å². The highest BCUT2D eigenvalue weighted by atomic mass is 16.5. The van der Waals surface area contributed by atoms with Crippen LogP contribution in [-0.4, -0.2) is 197 Å². The molecule has 0 unspecified atom stereocenters. The van der Waals surface area contributed by atoms with Gasteiger partial charge in [-0.15, -0.1) is 0 Å². The summed E-state index contributed by atoms with van der Waals surface area (Å²) in [5.74, 6) is -2.63. The van der Waals surface area contributed by atoms with Gasteiger partial charge in [-0.2, -0.15) is 0 Å². The van der Waals surface area contributed by atoms with Crippen LogP contribution in [0.5, 0.6) is 0 Å². The number of hydrogen-bond donors (Lipinski definition) is 3. The zero-order chi connectivity index (χ0) is 59.9. The highest BCUT2D eigenvalue weighted by molar-refractivity contribution is 5.84. The Morgan fingerprint density at radius 2 is 0.512 bits per heavy atom. The van der Waals surface area contributed by atoms with E-state index in [2.05, 4.69) is 39.6 Å². The predicted molar refractivity (Wildman–Crippen MR) is 330 cm³/mol. The van der Waals surface area contributed by atoms with Crippen molar-refractivity contribution >= 4 is 41.5 Å². The lowest BCUT2D eigenvalue weighted by molar-refractivity contribution is -0.144. The molecule has 1 aliphatic rings. The average Bonchev–Trinajstić information content (AvgIpc) is 3.46. The number of amides is 4. The summed E-state index contributed by atoms with van der Waals surface area (Å²) in [5, 5.41) is 7.98. The summed E-state index contributed by atoms with van der Waals surface area (Å²) >= 11 is 0. The van der Waals surface area contributed by atoms with Crippen molar-refractivity contribution in [3.8, 4) is 0 Å². The van der Waals surface area contributed by atoms with E-state index >= 15 is 0 Å². The van der Waals surface area contributed by atoms with E-state index in [9.17, 15) is 33.6 Å². The third-order valence-electron chi connectivity index (χ3n) is 15.5. The van der Waals surface area contributed by atoms with Crippen LogP contribution < -0.4 is 16.0 Å². The number of ether oxygens (including phenoxy) is 3. The van der Waals surface area contributed by atoms with Crippen LogP contribution in [0.25, 0.3) is 0 Å². The van der Waals surface area contributed by atoms with Crippen LogP contribution in [0, 0.1) is 0 Å². The molecule has 1 fully saturated rings. The monoisotopic (exact) mass is 1160 g/mol. The predicted octanol–water partition coefficient (Wildman–Crippen LogP) is 9.60. The molecule has 0 radical (unpaired) electrons. The van der Waals surface area contributed by atoms with Crippen molar-refractivity contribution in [2.75, 3.05) is 131 Å². The Labute approximate surface area is 499 Å². The second-order valence-corrected chi connectivity index (χ2v) is 22.8. The van der Waals surface area contributed by atoms with E-state index in [1.54, 1.807) is 20.8 Å². The molecule has 0 aliphatic carbocycles. The molecule has 18 heteroatoms. The lowest BCUT2D eigenvalue weighted by Gasteiger charge is -2.34. The minimum Gasteiger partial charge on any atom is -0.465 e. The summed E-state index contributed by atoms with van der Waals surface area (Å²) in [6.07, 6.45) is 41.3. The molecule has 0 saturated carbocycles. The summed E-state index contributed by atoms with van der Waals surface area (Å²) in [6, 6.07) is 0. The van der Waals surface area contributed by atoms with Gasteiger partial charge in [-0.3, -0.25) is 53.2 Å². The first-order valence-corrected chi connectivity index (χ1v) is 33.4. The number of unbranched alkanes of at least 4 members (excludes halogenated alkanes) is 30. The van der Waals surface area contributed by atoms with Crippen molar-refractivity contribution < 1.29 is 47.8 Å². The fraction of sp³-hybridized carbons (Fsp3) is 0.891. The van der Waals surface area contributed by atoms with Crippen LogP contribution in [0.2, 0.25) is 0 Å². The number of carbonyl (C=O) groups is 7. The van der Waals surface area contributed by atoms with Crippen LogP contribution in [0.3, 0.4) is 0 Å². The number of carbonyl (C=O) groups excluding carboxylic acids is 7. The number of esters is 3. The smallest absolute Gasteiger partial charge is 0.325 e. The summed E-state index contributed by atoms with van der Waals surface area (Å²) in [4.78, 5) is 101. The standard InChI is InChI=1S/C64H122N8O10/c1-6-11-13-15-17-19-21-23-25-27-29-31-33-35-37-39-41-72(42-40-38-36-34-32-30-28-26-24-22-20-18-16-14-12-7-2)61(76)57-71-49-47-69(55-59(74)66-52-63(78)81-9-4)45-43-68(54-58(73)65-51-62(77)80-8-3)44-46-70(48-50-71)56-60(75)67-53-64(79)82-10-5/h6-57H2,1-5H3,(H,65,73)(H,66,74)(H,67,75). The van der Waals surface area contributed by atoms with Gasteiger partial charge in [0.2, 0.25) is 23.6 Å². The third kappa shape index (κ3) is 46.5. The topological polar surface area (TPSA) is 199 Å². The molecule has 0 spiro atoms. The molecule has 0 aromatic rings. The van der Waals surface area contributed by atoms with Crippen molar-refractivity contribution in [3.63, 3.8) is 0 Å². The molecule has 1 rings (SSSR count). The number of hydrogen-bond acceptors (Lipinski definition) is 14. The summed E-state index contributed by atoms with van der Waals surface area (Å²) in [7, 11) is 0. The fourth-order valence-corrected chi connectivity index (χ4v) is 10.5. The fourth-order valence-electron chi connectivity index (χ4n) is 10.5. The van der Waals surface area contributed by atoms with E-state index in [1.165, 1.54) is 180 Å². The van der Waals surface area contributed by atoms with E-state index in [0.29, 0.717) is 65.4 Å². The zero-order valence-electron chi connectivity index (χ0n) is 53.1. The van der Waals surface area contributed by atoms with Crippen molar-refractivity contribution in [1.29, 1.82) is 0 Å². The molecule has 0 bridgehead atoms. The third-order valence-corrected chi connectivity index (χ3v) is 15.5. The normalized spacial score (nSPS) is 14.1. The number of nitrogens with zero attached hydrogens (tertiary/aromatic N) is 5. The maximum atomic E-state index is 14.6. The Kier molecular flexibility index (Phi) is 51.1. The van der Waals surface area contributed by atoms with E-state index in [0.717, 1.165) is 25.7 Å². The largest absolute Gasteiger partial charge is 0.465 e. The minimum absolute atomic E-state index is 0.0263. The maximum Gasteiger partial charge on any atom is 0.325 e. The first-order valence-electron chi connectivity index (χ1n) is 33.4. The Hall–Kier alpha value is -3.87. The molecular weight excluding hydrogens is 1040 g/mol. The number of rotatable bonds is 51. The molecule has 478 valence electrons. The zero-order valence-corrected chi connectivity index (χ0v) is 53.1. The molecule has 1 saturated heterocycles. The first-order chi connectivity index (χ1) is 39.9. The summed E-state index contributed by atoms with van der Waals surface area (Å²) in [5.41, 5.74) is 0. The van der Waals surface area contributed by atoms with Crippen molar-refractivity contribution in [3.05, 3.63) is 0 Å². The summed E-state index contributed by atoms with van der Waals surface area (Å²) in [6.45, 7) is 14.1. The lowest BCUT2D eigenvalue weighted by Crippen LogP contribution is -2.52. The average molecular weight is 1160 g/mol. The van der Waals surface area contributed by atoms with Gasteiger partial charge in [-0.1, -0.05) is 206 Å². The molecule has 82 heavy (non-hydrogen) atoms. The molecule has 1 aliphatic heterocycles. The van der Waals surface area contributed by atoms with E-state index in [-0.39, 0.29) is 89.3 Å².